The molecule has 0 saturated carbocycles. The van der Waals surface area contributed by atoms with E-state index in [1.165, 1.54) is 18.2 Å². The maximum atomic E-state index is 11.6. The molecule has 2 aromatic carbocycles. The van der Waals surface area contributed by atoms with Crippen LogP contribution in [0.15, 0.2) is 72.6 Å². The number of halogens is 2. The van der Waals surface area contributed by atoms with Crippen LogP contribution in [0, 0.1) is 0 Å². The van der Waals surface area contributed by atoms with Crippen molar-refractivity contribution in [1.29, 1.82) is 0 Å². The van der Waals surface area contributed by atoms with Crippen LogP contribution < -0.4 is 35.0 Å². The van der Waals surface area contributed by atoms with Gasteiger partial charge in [-0.3, -0.25) is 4.90 Å². The van der Waals surface area contributed by atoms with Crippen LogP contribution in [0.4, 0.5) is 4.79 Å². The van der Waals surface area contributed by atoms with Gasteiger partial charge in [-0.2, -0.15) is 0 Å². The first kappa shape index (κ1) is 29.2. The molecule has 1 heterocycles. The van der Waals surface area contributed by atoms with Crippen molar-refractivity contribution in [3.8, 4) is 0 Å². The summed E-state index contributed by atoms with van der Waals surface area (Å²) in [6, 6.07) is 17.2. The number of ether oxygens (including phenoxy) is 1. The topological polar surface area (TPSA) is 92.7 Å². The summed E-state index contributed by atoms with van der Waals surface area (Å²) in [5.74, 6) is -1.45. The van der Waals surface area contributed by atoms with Gasteiger partial charge in [-0.1, -0.05) is 66.7 Å². The van der Waals surface area contributed by atoms with Crippen molar-refractivity contribution in [2.24, 2.45) is 0 Å². The molecule has 9 heteroatoms. The summed E-state index contributed by atoms with van der Waals surface area (Å²) in [4.78, 5) is 22.9. The first-order chi connectivity index (χ1) is 12.5. The third-order valence-electron chi connectivity index (χ3n) is 3.89. The Morgan fingerprint density at radius 2 is 1.48 bits per heavy atom. The van der Waals surface area contributed by atoms with E-state index in [4.69, 9.17) is 4.74 Å². The molecule has 0 spiro atoms. The van der Waals surface area contributed by atoms with Crippen LogP contribution >= 0.6 is 0 Å². The average Bonchev–Trinajstić information content (AvgIpc) is 2.97. The number of allylic oxidation sites excluding steroid dienone is 1. The van der Waals surface area contributed by atoms with Gasteiger partial charge in [-0.05, 0) is 30.9 Å². The Bertz CT molecular complexity index is 790. The van der Waals surface area contributed by atoms with Crippen molar-refractivity contribution in [2.45, 2.75) is 26.0 Å². The van der Waals surface area contributed by atoms with E-state index in [2.05, 4.69) is 0 Å². The molecule has 0 aliphatic carbocycles. The van der Waals surface area contributed by atoms with Crippen LogP contribution in [0.1, 0.15) is 35.9 Å². The van der Waals surface area contributed by atoms with Crippen molar-refractivity contribution >= 4 is 12.1 Å². The predicted octanol–water partition coefficient (Wildman–Crippen LogP) is -4.15. The van der Waals surface area contributed by atoms with E-state index in [9.17, 15) is 19.8 Å². The Kier molecular flexibility index (Phi) is 14.2. The number of amides is 1. The van der Waals surface area contributed by atoms with Gasteiger partial charge in [-0.15, -0.1) is 0 Å². The van der Waals surface area contributed by atoms with Crippen molar-refractivity contribution in [1.82, 2.24) is 4.90 Å². The second kappa shape index (κ2) is 14.1. The molecule has 1 aliphatic heterocycles. The molecular formula is C20H19Cl2NO5Ti. The number of aromatic carboxylic acids is 1. The number of carbonyl (C=O) groups excluding carboxylic acids is 2. The molecule has 3 rings (SSSR count). The number of carboxylic acid groups (broad SMARTS) is 1. The molecule has 0 N–H and O–H groups in total. The molecule has 2 atom stereocenters. The third kappa shape index (κ3) is 7.74. The Morgan fingerprint density at radius 1 is 1.00 bits per heavy atom. The Hall–Kier alpha value is -1.99. The van der Waals surface area contributed by atoms with Crippen LogP contribution in [-0.4, -0.2) is 23.0 Å². The number of nitrogens with zero attached hydrogens (tertiary/aromatic N) is 1. The van der Waals surface area contributed by atoms with Gasteiger partial charge >= 0.3 is 27.8 Å². The van der Waals surface area contributed by atoms with Gasteiger partial charge in [0.2, 0.25) is 0 Å². The number of hydrogen-bond donors (Lipinski definition) is 0. The first-order valence-corrected chi connectivity index (χ1v) is 8.10. The van der Waals surface area contributed by atoms with Crippen LogP contribution in [0.25, 0.3) is 0 Å². The summed E-state index contributed by atoms with van der Waals surface area (Å²) in [6.45, 7) is 3.42. The normalized spacial score (nSPS) is 17.4. The maximum Gasteiger partial charge on any atom is 4.00 e. The molecule has 2 aromatic rings. The van der Waals surface area contributed by atoms with Gasteiger partial charge < -0.3 is 44.6 Å². The van der Waals surface area contributed by atoms with Crippen molar-refractivity contribution in [3.05, 3.63) is 83.7 Å². The van der Waals surface area contributed by atoms with Crippen LogP contribution in [0.3, 0.4) is 0 Å². The fourth-order valence-corrected chi connectivity index (χ4v) is 2.56. The summed E-state index contributed by atoms with van der Waals surface area (Å²) in [5, 5.41) is 21.7. The smallest absolute Gasteiger partial charge is 1.00 e. The summed E-state index contributed by atoms with van der Waals surface area (Å²) in [5.41, 5.74) is 1.12. The molecule has 0 aromatic heterocycles. The minimum Gasteiger partial charge on any atom is -1.00 e. The fraction of sp³-hybridized carbons (Fsp3) is 0.200. The Balaban J connectivity index is 0. The molecule has 29 heavy (non-hydrogen) atoms. The number of carbonyl (C=O) groups is 2. The molecule has 1 amide bonds. The zero-order chi connectivity index (χ0) is 19.1. The maximum absolute atomic E-state index is 11.6. The second-order valence-corrected chi connectivity index (χ2v) is 5.61. The summed E-state index contributed by atoms with van der Waals surface area (Å²) in [6.07, 6.45) is 0.410. The zero-order valence-corrected chi connectivity index (χ0v) is 18.8. The van der Waals surface area contributed by atoms with Crippen LogP contribution in [-0.2, 0) is 26.5 Å². The van der Waals surface area contributed by atoms with E-state index < -0.39 is 12.1 Å². The molecule has 0 bridgehead atoms. The van der Waals surface area contributed by atoms with Gasteiger partial charge in [0, 0.05) is 0 Å². The van der Waals surface area contributed by atoms with E-state index in [0.29, 0.717) is 0 Å². The van der Waals surface area contributed by atoms with Gasteiger partial charge in [0.1, 0.15) is 6.10 Å². The molecule has 0 unspecified atom stereocenters. The Morgan fingerprint density at radius 3 is 1.90 bits per heavy atom. The van der Waals surface area contributed by atoms with Crippen LogP contribution in [0.2, 0.25) is 0 Å². The average molecular weight is 472 g/mol. The molecule has 1 aliphatic rings. The molecule has 152 valence electrons. The second-order valence-electron chi connectivity index (χ2n) is 5.61. The molecule has 1 fully saturated rings. The number of benzene rings is 2. The predicted molar refractivity (Wildman–Crippen MR) is 91.5 cm³/mol. The molecule has 0 radical (unpaired) electrons. The molecule has 1 saturated heterocycles. The quantitative estimate of drug-likeness (QED) is 0.334. The van der Waals surface area contributed by atoms with E-state index in [0.717, 1.165) is 10.5 Å². The number of hydrogen-bond acceptors (Lipinski definition) is 5. The number of rotatable bonds is 3. The van der Waals surface area contributed by atoms with E-state index in [1.807, 2.05) is 37.3 Å². The molecular weight excluding hydrogens is 453 g/mol. The van der Waals surface area contributed by atoms with E-state index in [1.54, 1.807) is 25.1 Å². The minimum absolute atomic E-state index is 0. The van der Waals surface area contributed by atoms with Gasteiger partial charge in [0.05, 0.1) is 12.0 Å². The SMILES string of the molecule is C/C=C(/[O-])N1C(=O)O[C@@H](c2ccccc2)[C@H]1C.O=C([O-])c1ccccc1.[Cl-].[Cl-].[Ti+4]. The van der Waals surface area contributed by atoms with Crippen LogP contribution in [0.5, 0.6) is 0 Å². The fourth-order valence-electron chi connectivity index (χ4n) is 2.56. The van der Waals surface area contributed by atoms with Gasteiger partial charge in [0.15, 0.2) is 0 Å². The minimum atomic E-state index is -1.13. The number of carboxylic acids is 1. The summed E-state index contributed by atoms with van der Waals surface area (Å²) < 4.78 is 5.24. The van der Waals surface area contributed by atoms with E-state index in [-0.39, 0.29) is 70.1 Å². The standard InChI is InChI=1S/C13H15NO3.C7H6O2.2ClH.Ti/c1-3-11(15)14-9(2)12(17-13(14)16)10-7-5-4-6-8-10;8-7(9)6-4-2-1-3-5-6;;;/h3-9,12,15H,1-2H3;1-5H,(H,8,9);2*1H;/q;;;;+4/p-4/b11-3+;;;;/t9-,12-;;;;/m1..../s1. The number of cyclic esters (lactones) is 1. The van der Waals surface area contributed by atoms with E-state index >= 15 is 0 Å². The largest absolute Gasteiger partial charge is 4.00 e. The summed E-state index contributed by atoms with van der Waals surface area (Å²) >= 11 is 0. The van der Waals surface area contributed by atoms with Crippen molar-refractivity contribution in [3.63, 3.8) is 0 Å². The first-order valence-electron chi connectivity index (χ1n) is 8.10. The van der Waals surface area contributed by atoms with Crippen molar-refractivity contribution in [2.75, 3.05) is 0 Å². The third-order valence-corrected chi connectivity index (χ3v) is 3.89. The molecule has 6 nitrogen and oxygen atoms in total. The van der Waals surface area contributed by atoms with Crippen molar-refractivity contribution < 1.29 is 71.1 Å². The van der Waals surface area contributed by atoms with Gasteiger partial charge in [0.25, 0.3) is 0 Å². The Labute approximate surface area is 197 Å². The monoisotopic (exact) mass is 471 g/mol. The summed E-state index contributed by atoms with van der Waals surface area (Å²) in [7, 11) is 0. The zero-order valence-electron chi connectivity index (χ0n) is 15.7. The van der Waals surface area contributed by atoms with Gasteiger partial charge in [-0.25, -0.2) is 4.79 Å².